The van der Waals surface area contributed by atoms with Crippen LogP contribution in [0.3, 0.4) is 0 Å². The van der Waals surface area contributed by atoms with Crippen molar-refractivity contribution in [2.45, 2.75) is 13.8 Å². The summed E-state index contributed by atoms with van der Waals surface area (Å²) in [6.45, 7) is 3.52. The number of amides is 1. The Kier molecular flexibility index (Phi) is 3.16. The average molecular weight is 240 g/mol. The zero-order valence-electron chi connectivity index (χ0n) is 10.2. The van der Waals surface area contributed by atoms with Gasteiger partial charge in [0, 0.05) is 0 Å². The number of nitrogens with one attached hydrogen (secondary N) is 1. The Morgan fingerprint density at radius 3 is 2.67 bits per heavy atom. The highest BCUT2D eigenvalue weighted by Crippen LogP contribution is 2.18. The summed E-state index contributed by atoms with van der Waals surface area (Å²) >= 11 is 0. The van der Waals surface area contributed by atoms with Gasteiger partial charge in [-0.05, 0) is 32.0 Å². The summed E-state index contributed by atoms with van der Waals surface area (Å²) in [7, 11) is 0. The quantitative estimate of drug-likeness (QED) is 0.877. The van der Waals surface area contributed by atoms with Crippen LogP contribution in [0, 0.1) is 25.2 Å². The first-order valence-corrected chi connectivity index (χ1v) is 5.49. The van der Waals surface area contributed by atoms with E-state index < -0.39 is 0 Å². The van der Waals surface area contributed by atoms with Crippen molar-refractivity contribution in [3.8, 4) is 6.07 Å². The number of furan rings is 1. The molecule has 0 aliphatic carbocycles. The predicted octanol–water partition coefficient (Wildman–Crippen LogP) is 3.02. The van der Waals surface area contributed by atoms with Crippen molar-refractivity contribution in [3.05, 3.63) is 53.0 Å². The van der Waals surface area contributed by atoms with Crippen LogP contribution < -0.4 is 5.32 Å². The number of carbonyl (C=O) groups is 1. The zero-order valence-corrected chi connectivity index (χ0v) is 10.2. The van der Waals surface area contributed by atoms with E-state index >= 15 is 0 Å². The lowest BCUT2D eigenvalue weighted by atomic mass is 10.1. The van der Waals surface area contributed by atoms with Gasteiger partial charge in [0.2, 0.25) is 0 Å². The molecule has 1 aromatic heterocycles. The van der Waals surface area contributed by atoms with E-state index in [1.165, 1.54) is 0 Å². The fourth-order valence-corrected chi connectivity index (χ4v) is 1.74. The molecule has 0 unspecified atom stereocenters. The molecule has 0 aliphatic heterocycles. The molecule has 0 saturated heterocycles. The van der Waals surface area contributed by atoms with E-state index in [4.69, 9.17) is 9.68 Å². The van der Waals surface area contributed by atoms with Gasteiger partial charge < -0.3 is 9.73 Å². The molecule has 1 heterocycles. The monoisotopic (exact) mass is 240 g/mol. The van der Waals surface area contributed by atoms with Crippen LogP contribution in [0.25, 0.3) is 0 Å². The van der Waals surface area contributed by atoms with Gasteiger partial charge in [-0.25, -0.2) is 0 Å². The molecule has 2 rings (SSSR count). The molecule has 4 nitrogen and oxygen atoms in total. The van der Waals surface area contributed by atoms with Gasteiger partial charge in [0.15, 0.2) is 0 Å². The largest absolute Gasteiger partial charge is 0.466 e. The van der Waals surface area contributed by atoms with Crippen LogP contribution in [0.1, 0.15) is 27.4 Å². The van der Waals surface area contributed by atoms with Gasteiger partial charge in [0.25, 0.3) is 5.91 Å². The molecule has 0 spiro atoms. The van der Waals surface area contributed by atoms with Gasteiger partial charge in [0.05, 0.1) is 16.8 Å². The molecular weight excluding hydrogens is 228 g/mol. The molecule has 2 aromatic rings. The molecular formula is C14H12N2O2. The van der Waals surface area contributed by atoms with E-state index in [9.17, 15) is 4.79 Å². The van der Waals surface area contributed by atoms with Gasteiger partial charge in [-0.1, -0.05) is 12.1 Å². The van der Waals surface area contributed by atoms with Crippen molar-refractivity contribution >= 4 is 11.6 Å². The number of nitriles is 1. The highest BCUT2D eigenvalue weighted by molar-refractivity contribution is 6.05. The highest BCUT2D eigenvalue weighted by atomic mass is 16.3. The molecule has 4 heteroatoms. The number of nitrogens with zero attached hydrogens (tertiary/aromatic N) is 1. The lowest BCUT2D eigenvalue weighted by Crippen LogP contribution is -2.13. The van der Waals surface area contributed by atoms with Crippen molar-refractivity contribution in [3.63, 3.8) is 0 Å². The van der Waals surface area contributed by atoms with Crippen LogP contribution >= 0.6 is 0 Å². The molecule has 0 aliphatic rings. The average Bonchev–Trinajstić information content (AvgIpc) is 2.69. The molecule has 0 radical (unpaired) electrons. The van der Waals surface area contributed by atoms with E-state index in [2.05, 4.69) is 5.32 Å². The minimum Gasteiger partial charge on any atom is -0.466 e. The number of hydrogen-bond acceptors (Lipinski definition) is 3. The van der Waals surface area contributed by atoms with Gasteiger partial charge in [-0.15, -0.1) is 0 Å². The van der Waals surface area contributed by atoms with Crippen LogP contribution in [0.15, 0.2) is 34.7 Å². The second-order valence-corrected chi connectivity index (χ2v) is 3.94. The molecule has 0 saturated carbocycles. The minimum atomic E-state index is -0.271. The van der Waals surface area contributed by atoms with Crippen LogP contribution in [-0.4, -0.2) is 5.91 Å². The number of carbonyl (C=O) groups excluding carboxylic acids is 1. The Hall–Kier alpha value is -2.54. The van der Waals surface area contributed by atoms with Crippen LogP contribution in [0.4, 0.5) is 5.69 Å². The summed E-state index contributed by atoms with van der Waals surface area (Å²) in [6, 6.07) is 10.6. The number of para-hydroxylation sites is 1. The number of rotatable bonds is 2. The molecule has 90 valence electrons. The number of anilines is 1. The van der Waals surface area contributed by atoms with E-state index in [-0.39, 0.29) is 5.91 Å². The topological polar surface area (TPSA) is 66.0 Å². The molecule has 18 heavy (non-hydrogen) atoms. The Bertz CT molecular complexity index is 635. The number of benzene rings is 1. The first-order valence-electron chi connectivity index (χ1n) is 5.49. The molecule has 0 fully saturated rings. The van der Waals surface area contributed by atoms with Crippen molar-refractivity contribution in [1.29, 1.82) is 5.26 Å². The van der Waals surface area contributed by atoms with Crippen molar-refractivity contribution in [2.75, 3.05) is 5.32 Å². The van der Waals surface area contributed by atoms with Gasteiger partial charge in [0.1, 0.15) is 17.6 Å². The maximum absolute atomic E-state index is 12.0. The Labute approximate surface area is 105 Å². The molecule has 0 atom stereocenters. The fourth-order valence-electron chi connectivity index (χ4n) is 1.74. The zero-order chi connectivity index (χ0) is 13.1. The van der Waals surface area contributed by atoms with Gasteiger partial charge in [-0.2, -0.15) is 5.26 Å². The highest BCUT2D eigenvalue weighted by Gasteiger charge is 2.14. The van der Waals surface area contributed by atoms with Gasteiger partial charge in [-0.3, -0.25) is 4.79 Å². The van der Waals surface area contributed by atoms with Crippen molar-refractivity contribution in [1.82, 2.24) is 0 Å². The summed E-state index contributed by atoms with van der Waals surface area (Å²) < 4.78 is 5.30. The SMILES string of the molecule is Cc1cc(C(=O)Nc2ccccc2C#N)c(C)o1. The second kappa shape index (κ2) is 4.76. The fraction of sp³-hybridized carbons (Fsp3) is 0.143. The number of aryl methyl sites for hydroxylation is 2. The van der Waals surface area contributed by atoms with E-state index in [0.717, 1.165) is 0 Å². The molecule has 0 bridgehead atoms. The smallest absolute Gasteiger partial charge is 0.259 e. The van der Waals surface area contributed by atoms with E-state index in [0.29, 0.717) is 28.3 Å². The molecule has 1 N–H and O–H groups in total. The minimum absolute atomic E-state index is 0.271. The third kappa shape index (κ3) is 2.25. The van der Waals surface area contributed by atoms with Crippen LogP contribution in [0.2, 0.25) is 0 Å². The Morgan fingerprint density at radius 2 is 2.06 bits per heavy atom. The maximum Gasteiger partial charge on any atom is 0.259 e. The standard InChI is InChI=1S/C14H12N2O2/c1-9-7-12(10(2)18-9)14(17)16-13-6-4-3-5-11(13)8-15/h3-7H,1-2H3,(H,16,17). The first-order chi connectivity index (χ1) is 8.61. The molecule has 1 aromatic carbocycles. The third-order valence-electron chi connectivity index (χ3n) is 2.58. The van der Waals surface area contributed by atoms with Crippen molar-refractivity contribution < 1.29 is 9.21 Å². The Balaban J connectivity index is 2.27. The van der Waals surface area contributed by atoms with Crippen LogP contribution in [-0.2, 0) is 0 Å². The molecule has 1 amide bonds. The van der Waals surface area contributed by atoms with Crippen molar-refractivity contribution in [2.24, 2.45) is 0 Å². The lowest BCUT2D eigenvalue weighted by molar-refractivity contribution is 0.102. The summed E-state index contributed by atoms with van der Waals surface area (Å²) in [4.78, 5) is 12.0. The lowest BCUT2D eigenvalue weighted by Gasteiger charge is -2.05. The Morgan fingerprint density at radius 1 is 1.33 bits per heavy atom. The maximum atomic E-state index is 12.0. The number of hydrogen-bond donors (Lipinski definition) is 1. The summed E-state index contributed by atoms with van der Waals surface area (Å²) in [5.74, 6) is 0.984. The van der Waals surface area contributed by atoms with E-state index in [1.807, 2.05) is 6.07 Å². The predicted molar refractivity (Wildman–Crippen MR) is 67.3 cm³/mol. The second-order valence-electron chi connectivity index (χ2n) is 3.94. The third-order valence-corrected chi connectivity index (χ3v) is 2.58. The normalized spacial score (nSPS) is 9.83. The van der Waals surface area contributed by atoms with E-state index in [1.54, 1.807) is 44.2 Å². The van der Waals surface area contributed by atoms with Crippen LogP contribution in [0.5, 0.6) is 0 Å². The summed E-state index contributed by atoms with van der Waals surface area (Å²) in [5, 5.41) is 11.7. The summed E-state index contributed by atoms with van der Waals surface area (Å²) in [6.07, 6.45) is 0. The first kappa shape index (κ1) is 11.9. The summed E-state index contributed by atoms with van der Waals surface area (Å²) in [5.41, 5.74) is 1.42. The van der Waals surface area contributed by atoms with Gasteiger partial charge >= 0.3 is 0 Å².